The molecule has 4 heteroatoms. The minimum atomic E-state index is -3.43. The third-order valence-corrected chi connectivity index (χ3v) is 5.80. The largest absolute Gasteiger partial charge is 0.243 e. The molecule has 1 fully saturated rings. The first-order chi connectivity index (χ1) is 8.84. The number of hydrogen-bond donors (Lipinski definition) is 0. The van der Waals surface area contributed by atoms with E-state index < -0.39 is 10.0 Å². The molecular formula is C15H21NO2S. The van der Waals surface area contributed by atoms with Crippen molar-refractivity contribution < 1.29 is 8.42 Å². The van der Waals surface area contributed by atoms with Crippen LogP contribution in [-0.4, -0.2) is 24.8 Å². The second-order valence-corrected chi connectivity index (χ2v) is 7.28. The standard InChI is InChI=1S/C15H21NO2S/c1-11(2)15-10-7-13(4)16(15)19(17,18)14-8-5-12(3)6-9-14/h5-6,8-9,13,15H,1,7,10H2,2-4H3/t13?,15-/m1/s1. The lowest BCUT2D eigenvalue weighted by Gasteiger charge is -2.28. The molecule has 0 spiro atoms. The Morgan fingerprint density at radius 1 is 1.26 bits per heavy atom. The van der Waals surface area contributed by atoms with E-state index >= 15 is 0 Å². The summed E-state index contributed by atoms with van der Waals surface area (Å²) in [4.78, 5) is 0.373. The van der Waals surface area contributed by atoms with Gasteiger partial charge in [-0.05, 0) is 45.7 Å². The lowest BCUT2D eigenvalue weighted by Crippen LogP contribution is -2.40. The summed E-state index contributed by atoms with van der Waals surface area (Å²) in [5, 5.41) is 0. The highest BCUT2D eigenvalue weighted by Gasteiger charge is 2.40. The van der Waals surface area contributed by atoms with Crippen molar-refractivity contribution in [3.63, 3.8) is 0 Å². The molecule has 0 aliphatic carbocycles. The van der Waals surface area contributed by atoms with Crippen LogP contribution in [0, 0.1) is 6.92 Å². The zero-order valence-corrected chi connectivity index (χ0v) is 12.6. The molecule has 104 valence electrons. The van der Waals surface area contributed by atoms with Crippen LogP contribution >= 0.6 is 0 Å². The van der Waals surface area contributed by atoms with Gasteiger partial charge in [0.25, 0.3) is 0 Å². The second kappa shape index (κ2) is 5.10. The van der Waals surface area contributed by atoms with Crippen LogP contribution in [0.2, 0.25) is 0 Å². The molecule has 0 saturated carbocycles. The summed E-state index contributed by atoms with van der Waals surface area (Å²) >= 11 is 0. The Labute approximate surface area is 116 Å². The van der Waals surface area contributed by atoms with Gasteiger partial charge >= 0.3 is 0 Å². The average Bonchev–Trinajstić information content (AvgIpc) is 2.72. The molecule has 2 atom stereocenters. The van der Waals surface area contributed by atoms with Crippen molar-refractivity contribution >= 4 is 10.0 Å². The number of nitrogens with zero attached hydrogens (tertiary/aromatic N) is 1. The summed E-state index contributed by atoms with van der Waals surface area (Å²) in [5.41, 5.74) is 1.98. The van der Waals surface area contributed by atoms with Crippen molar-refractivity contribution in [3.8, 4) is 0 Å². The first-order valence-corrected chi connectivity index (χ1v) is 8.03. The summed E-state index contributed by atoms with van der Waals surface area (Å²) in [7, 11) is -3.43. The van der Waals surface area contributed by atoms with Gasteiger partial charge in [0.2, 0.25) is 10.0 Å². The van der Waals surface area contributed by atoms with E-state index in [1.807, 2.05) is 32.9 Å². The third kappa shape index (κ3) is 2.60. The van der Waals surface area contributed by atoms with Gasteiger partial charge in [-0.1, -0.05) is 29.8 Å². The Balaban J connectivity index is 2.43. The predicted molar refractivity (Wildman–Crippen MR) is 77.5 cm³/mol. The number of aryl methyl sites for hydroxylation is 1. The fraction of sp³-hybridized carbons (Fsp3) is 0.467. The van der Waals surface area contributed by atoms with Gasteiger partial charge in [-0.3, -0.25) is 0 Å². The summed E-state index contributed by atoms with van der Waals surface area (Å²) in [6, 6.07) is 7.01. The van der Waals surface area contributed by atoms with E-state index in [-0.39, 0.29) is 12.1 Å². The Morgan fingerprint density at radius 2 is 1.84 bits per heavy atom. The maximum atomic E-state index is 12.8. The first-order valence-electron chi connectivity index (χ1n) is 6.59. The molecule has 0 bridgehead atoms. The van der Waals surface area contributed by atoms with Crippen LogP contribution in [0.5, 0.6) is 0 Å². The SMILES string of the molecule is C=C(C)[C@H]1CCC(C)N1S(=O)(=O)c1ccc(C)cc1. The van der Waals surface area contributed by atoms with Crippen LogP contribution in [0.15, 0.2) is 41.3 Å². The van der Waals surface area contributed by atoms with Crippen LogP contribution in [-0.2, 0) is 10.0 Å². The molecule has 1 heterocycles. The Hall–Kier alpha value is -1.13. The first kappa shape index (κ1) is 14.3. The monoisotopic (exact) mass is 279 g/mol. The highest BCUT2D eigenvalue weighted by atomic mass is 32.2. The Kier molecular flexibility index (Phi) is 3.83. The summed E-state index contributed by atoms with van der Waals surface area (Å²) in [6.45, 7) is 9.76. The molecule has 2 rings (SSSR count). The van der Waals surface area contributed by atoms with E-state index in [2.05, 4.69) is 6.58 Å². The number of rotatable bonds is 3. The van der Waals surface area contributed by atoms with E-state index in [9.17, 15) is 8.42 Å². The molecule has 0 aromatic heterocycles. The van der Waals surface area contributed by atoms with Crippen LogP contribution in [0.3, 0.4) is 0 Å². The van der Waals surface area contributed by atoms with Gasteiger partial charge in [0.15, 0.2) is 0 Å². The van der Waals surface area contributed by atoms with Crippen LogP contribution in [0.4, 0.5) is 0 Å². The Bertz CT molecular complexity index is 575. The van der Waals surface area contributed by atoms with Crippen LogP contribution in [0.1, 0.15) is 32.3 Å². The van der Waals surface area contributed by atoms with Crippen molar-refractivity contribution in [2.45, 2.75) is 50.6 Å². The number of benzene rings is 1. The zero-order chi connectivity index (χ0) is 14.2. The summed E-state index contributed by atoms with van der Waals surface area (Å²) in [6.07, 6.45) is 1.75. The maximum Gasteiger partial charge on any atom is 0.243 e. The van der Waals surface area contributed by atoms with Crippen molar-refractivity contribution in [1.82, 2.24) is 4.31 Å². The van der Waals surface area contributed by atoms with Crippen molar-refractivity contribution in [3.05, 3.63) is 42.0 Å². The Morgan fingerprint density at radius 3 is 2.37 bits per heavy atom. The van der Waals surface area contributed by atoms with Crippen molar-refractivity contribution in [1.29, 1.82) is 0 Å². The van der Waals surface area contributed by atoms with E-state index in [1.54, 1.807) is 16.4 Å². The summed E-state index contributed by atoms with van der Waals surface area (Å²) in [5.74, 6) is 0. The molecule has 1 aliphatic heterocycles. The van der Waals surface area contributed by atoms with Gasteiger partial charge in [0.1, 0.15) is 0 Å². The molecule has 1 unspecified atom stereocenters. The lowest BCUT2D eigenvalue weighted by molar-refractivity contribution is 0.361. The van der Waals surface area contributed by atoms with Gasteiger partial charge < -0.3 is 0 Å². The zero-order valence-electron chi connectivity index (χ0n) is 11.8. The smallest absolute Gasteiger partial charge is 0.207 e. The van der Waals surface area contributed by atoms with Crippen molar-refractivity contribution in [2.24, 2.45) is 0 Å². The van der Waals surface area contributed by atoms with E-state index in [4.69, 9.17) is 0 Å². The van der Waals surface area contributed by atoms with E-state index in [0.29, 0.717) is 4.90 Å². The van der Waals surface area contributed by atoms with Crippen LogP contribution in [0.25, 0.3) is 0 Å². The normalized spacial score (nSPS) is 24.6. The molecule has 1 aromatic carbocycles. The molecule has 0 radical (unpaired) electrons. The molecular weight excluding hydrogens is 258 g/mol. The molecule has 1 aliphatic rings. The number of hydrogen-bond acceptors (Lipinski definition) is 2. The number of sulfonamides is 1. The summed E-state index contributed by atoms with van der Waals surface area (Å²) < 4.78 is 27.1. The van der Waals surface area contributed by atoms with Gasteiger partial charge in [0, 0.05) is 12.1 Å². The van der Waals surface area contributed by atoms with Gasteiger partial charge in [-0.15, -0.1) is 0 Å². The molecule has 0 amide bonds. The topological polar surface area (TPSA) is 37.4 Å². The minimum absolute atomic E-state index is 0.0352. The quantitative estimate of drug-likeness (QED) is 0.797. The molecule has 1 aromatic rings. The van der Waals surface area contributed by atoms with Crippen LogP contribution < -0.4 is 0 Å². The van der Waals surface area contributed by atoms with Gasteiger partial charge in [-0.25, -0.2) is 8.42 Å². The predicted octanol–water partition coefficient (Wildman–Crippen LogP) is 3.11. The van der Waals surface area contributed by atoms with Crippen molar-refractivity contribution in [2.75, 3.05) is 0 Å². The maximum absolute atomic E-state index is 12.8. The van der Waals surface area contributed by atoms with E-state index in [0.717, 1.165) is 24.0 Å². The molecule has 19 heavy (non-hydrogen) atoms. The van der Waals surface area contributed by atoms with Gasteiger partial charge in [-0.2, -0.15) is 4.31 Å². The fourth-order valence-electron chi connectivity index (χ4n) is 2.66. The minimum Gasteiger partial charge on any atom is -0.207 e. The lowest BCUT2D eigenvalue weighted by atomic mass is 10.1. The second-order valence-electron chi connectivity index (χ2n) is 5.44. The molecule has 3 nitrogen and oxygen atoms in total. The van der Waals surface area contributed by atoms with E-state index in [1.165, 1.54) is 0 Å². The van der Waals surface area contributed by atoms with Gasteiger partial charge in [0.05, 0.1) is 4.90 Å². The third-order valence-electron chi connectivity index (χ3n) is 3.76. The highest BCUT2D eigenvalue weighted by Crippen LogP contribution is 2.33. The molecule has 0 N–H and O–H groups in total. The highest BCUT2D eigenvalue weighted by molar-refractivity contribution is 7.89. The fourth-order valence-corrected chi connectivity index (χ4v) is 4.58. The molecule has 1 saturated heterocycles. The average molecular weight is 279 g/mol.